The van der Waals surface area contributed by atoms with Crippen LogP contribution in [0.1, 0.15) is 47.2 Å². The Morgan fingerprint density at radius 1 is 1.32 bits per heavy atom. The molecule has 0 aliphatic rings. The van der Waals surface area contributed by atoms with Gasteiger partial charge in [0.05, 0.1) is 23.8 Å². The van der Waals surface area contributed by atoms with Crippen molar-refractivity contribution in [3.05, 3.63) is 27.3 Å². The number of aromatic nitrogens is 3. The Labute approximate surface area is 147 Å². The van der Waals surface area contributed by atoms with Crippen LogP contribution in [0.25, 0.3) is 0 Å². The molecular weight excluding hydrogens is 345 g/mol. The molecule has 0 fully saturated rings. The SMILES string of the molecule is CCc1nc(C)c(C(C)N(C)Cc2noc(CN)n2)s1.Cl.Cl. The molecule has 0 spiro atoms. The summed E-state index contributed by atoms with van der Waals surface area (Å²) in [6.45, 7) is 7.27. The van der Waals surface area contributed by atoms with Gasteiger partial charge >= 0.3 is 0 Å². The van der Waals surface area contributed by atoms with Gasteiger partial charge in [0.2, 0.25) is 5.89 Å². The van der Waals surface area contributed by atoms with Gasteiger partial charge in [-0.1, -0.05) is 12.1 Å². The Hall–Kier alpha value is -0.730. The summed E-state index contributed by atoms with van der Waals surface area (Å²) in [6.07, 6.45) is 0.979. The number of halogens is 2. The highest BCUT2D eigenvalue weighted by atomic mass is 35.5. The zero-order valence-electron chi connectivity index (χ0n) is 13.2. The molecule has 0 aliphatic carbocycles. The molecule has 2 heterocycles. The lowest BCUT2D eigenvalue weighted by Crippen LogP contribution is -2.22. The molecule has 6 nitrogen and oxygen atoms in total. The van der Waals surface area contributed by atoms with Gasteiger partial charge in [0.15, 0.2) is 5.82 Å². The van der Waals surface area contributed by atoms with Gasteiger partial charge in [-0.15, -0.1) is 36.2 Å². The van der Waals surface area contributed by atoms with Crippen molar-refractivity contribution in [2.75, 3.05) is 7.05 Å². The smallest absolute Gasteiger partial charge is 0.240 e. The van der Waals surface area contributed by atoms with Gasteiger partial charge in [-0.05, 0) is 27.3 Å². The minimum atomic E-state index is 0. The van der Waals surface area contributed by atoms with E-state index >= 15 is 0 Å². The zero-order chi connectivity index (χ0) is 14.7. The molecule has 0 aliphatic heterocycles. The van der Waals surface area contributed by atoms with Crippen LogP contribution in [0.15, 0.2) is 4.52 Å². The first-order valence-electron chi connectivity index (χ1n) is 6.73. The molecule has 1 atom stereocenters. The van der Waals surface area contributed by atoms with E-state index in [1.165, 1.54) is 9.88 Å². The van der Waals surface area contributed by atoms with Gasteiger partial charge in [0, 0.05) is 10.9 Å². The topological polar surface area (TPSA) is 81.1 Å². The molecule has 2 aromatic heterocycles. The molecule has 2 N–H and O–H groups in total. The van der Waals surface area contributed by atoms with Gasteiger partial charge in [0.1, 0.15) is 0 Å². The minimum absolute atomic E-state index is 0. The van der Waals surface area contributed by atoms with Gasteiger partial charge in [-0.3, -0.25) is 4.90 Å². The largest absolute Gasteiger partial charge is 0.338 e. The maximum absolute atomic E-state index is 5.47. The van der Waals surface area contributed by atoms with Crippen molar-refractivity contribution < 1.29 is 4.52 Å². The van der Waals surface area contributed by atoms with Gasteiger partial charge in [-0.2, -0.15) is 4.98 Å². The van der Waals surface area contributed by atoms with Crippen LogP contribution in [0.4, 0.5) is 0 Å². The maximum Gasteiger partial charge on any atom is 0.240 e. The minimum Gasteiger partial charge on any atom is -0.338 e. The normalized spacial score (nSPS) is 11.9. The standard InChI is InChI=1S/C13H21N5OS.2ClH/c1-5-12-15-8(2)13(20-12)9(3)18(4)7-10-16-11(6-14)19-17-10;;/h9H,5-7,14H2,1-4H3;2*1H. The number of nitrogens with two attached hydrogens (primary N) is 1. The van der Waals surface area contributed by atoms with Gasteiger partial charge in [0.25, 0.3) is 0 Å². The lowest BCUT2D eigenvalue weighted by Gasteiger charge is -2.22. The quantitative estimate of drug-likeness (QED) is 0.844. The number of hydrogen-bond donors (Lipinski definition) is 1. The molecule has 22 heavy (non-hydrogen) atoms. The first-order chi connectivity index (χ1) is 9.55. The second-order valence-electron chi connectivity index (χ2n) is 4.81. The van der Waals surface area contributed by atoms with Crippen molar-refractivity contribution in [1.29, 1.82) is 0 Å². The number of thiazole rings is 1. The van der Waals surface area contributed by atoms with Crippen LogP contribution in [0.2, 0.25) is 0 Å². The molecule has 0 bridgehead atoms. The van der Waals surface area contributed by atoms with Crippen molar-refractivity contribution in [2.45, 2.75) is 46.3 Å². The molecule has 1 unspecified atom stereocenters. The van der Waals surface area contributed by atoms with Crippen LogP contribution in [0.5, 0.6) is 0 Å². The first-order valence-corrected chi connectivity index (χ1v) is 7.54. The van der Waals surface area contributed by atoms with E-state index in [0.717, 1.165) is 12.1 Å². The van der Waals surface area contributed by atoms with Crippen molar-refractivity contribution >= 4 is 36.2 Å². The average molecular weight is 368 g/mol. The average Bonchev–Trinajstić information content (AvgIpc) is 3.04. The molecule has 9 heteroatoms. The van der Waals surface area contributed by atoms with E-state index in [2.05, 4.69) is 40.8 Å². The van der Waals surface area contributed by atoms with E-state index < -0.39 is 0 Å². The Morgan fingerprint density at radius 2 is 2.00 bits per heavy atom. The zero-order valence-corrected chi connectivity index (χ0v) is 15.6. The van der Waals surface area contributed by atoms with Gasteiger partial charge < -0.3 is 10.3 Å². The third-order valence-corrected chi connectivity index (χ3v) is 4.77. The predicted octanol–water partition coefficient (Wildman–Crippen LogP) is 2.89. The molecule has 126 valence electrons. The third kappa shape index (κ3) is 4.89. The van der Waals surface area contributed by atoms with E-state index in [9.17, 15) is 0 Å². The molecule has 0 amide bonds. The van der Waals surface area contributed by atoms with Crippen molar-refractivity contribution in [3.63, 3.8) is 0 Å². The molecule has 0 aromatic carbocycles. The highest BCUT2D eigenvalue weighted by Crippen LogP contribution is 2.29. The fourth-order valence-corrected chi connectivity index (χ4v) is 3.13. The lowest BCUT2D eigenvalue weighted by molar-refractivity contribution is 0.244. The van der Waals surface area contributed by atoms with Crippen molar-refractivity contribution in [2.24, 2.45) is 5.73 Å². The van der Waals surface area contributed by atoms with Crippen LogP contribution in [0, 0.1) is 6.92 Å². The van der Waals surface area contributed by atoms with Gasteiger partial charge in [-0.25, -0.2) is 4.98 Å². The summed E-state index contributed by atoms with van der Waals surface area (Å²) in [5, 5.41) is 5.11. The molecule has 2 aromatic rings. The summed E-state index contributed by atoms with van der Waals surface area (Å²) in [5.74, 6) is 1.14. The highest BCUT2D eigenvalue weighted by molar-refractivity contribution is 7.11. The monoisotopic (exact) mass is 367 g/mol. The fraction of sp³-hybridized carbons (Fsp3) is 0.615. The predicted molar refractivity (Wildman–Crippen MR) is 92.8 cm³/mol. The van der Waals surface area contributed by atoms with E-state index in [4.69, 9.17) is 10.3 Å². The second-order valence-corrected chi connectivity index (χ2v) is 5.93. The van der Waals surface area contributed by atoms with Crippen molar-refractivity contribution in [1.82, 2.24) is 20.0 Å². The molecule has 0 saturated carbocycles. The van der Waals surface area contributed by atoms with Crippen molar-refractivity contribution in [3.8, 4) is 0 Å². The molecular formula is C13H23Cl2N5OS. The van der Waals surface area contributed by atoms with Crippen LogP contribution in [0.3, 0.4) is 0 Å². The number of aryl methyl sites for hydroxylation is 2. The molecule has 0 radical (unpaired) electrons. The summed E-state index contributed by atoms with van der Waals surface area (Å²) in [6, 6.07) is 0.271. The second kappa shape index (κ2) is 9.42. The summed E-state index contributed by atoms with van der Waals surface area (Å²) < 4.78 is 5.02. The number of hydrogen-bond acceptors (Lipinski definition) is 7. The Morgan fingerprint density at radius 3 is 2.50 bits per heavy atom. The molecule has 2 rings (SSSR count). The van der Waals surface area contributed by atoms with E-state index in [0.29, 0.717) is 18.3 Å². The van der Waals surface area contributed by atoms with E-state index in [-0.39, 0.29) is 37.4 Å². The third-order valence-electron chi connectivity index (χ3n) is 3.30. The Bertz CT molecular complexity index is 575. The summed E-state index contributed by atoms with van der Waals surface area (Å²) in [4.78, 5) is 12.3. The summed E-state index contributed by atoms with van der Waals surface area (Å²) in [7, 11) is 2.05. The van der Waals surface area contributed by atoms with Crippen LogP contribution in [-0.2, 0) is 19.5 Å². The fourth-order valence-electron chi connectivity index (χ4n) is 2.00. The Kier molecular flexibility index (Phi) is 9.11. The number of nitrogens with zero attached hydrogens (tertiary/aromatic N) is 4. The lowest BCUT2D eigenvalue weighted by atomic mass is 10.2. The number of rotatable bonds is 6. The first kappa shape index (κ1) is 21.3. The Balaban J connectivity index is 0.00000220. The van der Waals surface area contributed by atoms with E-state index in [1.807, 2.05) is 7.05 Å². The van der Waals surface area contributed by atoms with Crippen LogP contribution in [-0.4, -0.2) is 27.1 Å². The maximum atomic E-state index is 5.47. The molecule has 0 saturated heterocycles. The highest BCUT2D eigenvalue weighted by Gasteiger charge is 2.19. The summed E-state index contributed by atoms with van der Waals surface area (Å²) >= 11 is 1.78. The summed E-state index contributed by atoms with van der Waals surface area (Å²) in [5.41, 5.74) is 6.58. The van der Waals surface area contributed by atoms with Crippen LogP contribution < -0.4 is 5.73 Å². The van der Waals surface area contributed by atoms with E-state index in [1.54, 1.807) is 11.3 Å². The van der Waals surface area contributed by atoms with Crippen LogP contribution >= 0.6 is 36.2 Å².